The average molecular weight is 298 g/mol. The molecule has 0 aliphatic heterocycles. The van der Waals surface area contributed by atoms with E-state index in [9.17, 15) is 8.42 Å². The Morgan fingerprint density at radius 2 is 2.26 bits per heavy atom. The molecule has 0 aliphatic rings. The first-order chi connectivity index (χ1) is 9.04. The molecule has 0 aliphatic carbocycles. The van der Waals surface area contributed by atoms with Gasteiger partial charge in [0.25, 0.3) is 0 Å². The van der Waals surface area contributed by atoms with Crippen LogP contribution in [0.25, 0.3) is 0 Å². The Morgan fingerprint density at radius 3 is 2.89 bits per heavy atom. The van der Waals surface area contributed by atoms with Crippen LogP contribution in [-0.2, 0) is 16.6 Å². The van der Waals surface area contributed by atoms with Gasteiger partial charge in [-0.05, 0) is 28.5 Å². The molecule has 0 bridgehead atoms. The van der Waals surface area contributed by atoms with E-state index in [1.807, 2.05) is 16.8 Å². The second-order valence-corrected chi connectivity index (χ2v) is 6.74. The normalized spacial score (nSPS) is 11.7. The fraction of sp³-hybridized carbons (Fsp3) is 0.182. The van der Waals surface area contributed by atoms with Gasteiger partial charge in [0.1, 0.15) is 5.82 Å². The molecule has 0 radical (unpaired) electrons. The van der Waals surface area contributed by atoms with Gasteiger partial charge in [-0.2, -0.15) is 15.6 Å². The Hall–Kier alpha value is -1.48. The van der Waals surface area contributed by atoms with Gasteiger partial charge in [0.05, 0.1) is 4.90 Å². The third-order valence-corrected chi connectivity index (χ3v) is 5.10. The first-order valence-electron chi connectivity index (χ1n) is 5.44. The van der Waals surface area contributed by atoms with Gasteiger partial charge in [0.2, 0.25) is 10.0 Å². The summed E-state index contributed by atoms with van der Waals surface area (Å²) in [6.45, 7) is 0.333. The minimum absolute atomic E-state index is 0.160. The van der Waals surface area contributed by atoms with Crippen LogP contribution in [0.3, 0.4) is 0 Å². The molecule has 0 unspecified atom stereocenters. The number of hydrogen-bond acceptors (Lipinski definition) is 6. The number of hydrazine groups is 1. The quantitative estimate of drug-likeness (QED) is 0.640. The van der Waals surface area contributed by atoms with Crippen molar-refractivity contribution in [3.8, 4) is 0 Å². The van der Waals surface area contributed by atoms with E-state index in [4.69, 9.17) is 5.84 Å². The number of nitrogens with zero attached hydrogens (tertiary/aromatic N) is 2. The molecule has 8 heteroatoms. The highest BCUT2D eigenvalue weighted by Crippen LogP contribution is 2.19. The van der Waals surface area contributed by atoms with E-state index >= 15 is 0 Å². The predicted octanol–water partition coefficient (Wildman–Crippen LogP) is 1.25. The zero-order chi connectivity index (χ0) is 13.9. The van der Waals surface area contributed by atoms with Gasteiger partial charge in [-0.25, -0.2) is 19.2 Å². The number of aromatic nitrogens is 1. The summed E-state index contributed by atoms with van der Waals surface area (Å²) in [6, 6.07) is 4.75. The average Bonchev–Trinajstić information content (AvgIpc) is 2.91. The van der Waals surface area contributed by atoms with Crippen LogP contribution in [0, 0.1) is 0 Å². The monoisotopic (exact) mass is 298 g/mol. The second-order valence-electron chi connectivity index (χ2n) is 3.91. The highest BCUT2D eigenvalue weighted by atomic mass is 32.2. The summed E-state index contributed by atoms with van der Waals surface area (Å²) < 4.78 is 26.0. The number of hydrogen-bond donors (Lipinski definition) is 2. The number of nitrogen functional groups attached to an aromatic ring is 1. The summed E-state index contributed by atoms with van der Waals surface area (Å²) in [5.74, 6) is 5.54. The molecule has 19 heavy (non-hydrogen) atoms. The molecule has 2 heterocycles. The Bertz CT molecular complexity index is 640. The molecule has 2 aromatic heterocycles. The smallest absolute Gasteiger partial charge is 0.243 e. The maximum absolute atomic E-state index is 12.4. The molecule has 102 valence electrons. The number of pyridine rings is 1. The lowest BCUT2D eigenvalue weighted by molar-refractivity contribution is 0.467. The van der Waals surface area contributed by atoms with Crippen molar-refractivity contribution >= 4 is 27.2 Å². The number of nitrogens with one attached hydrogen (secondary N) is 1. The van der Waals surface area contributed by atoms with Crippen molar-refractivity contribution in [2.45, 2.75) is 11.4 Å². The lowest BCUT2D eigenvalue weighted by Gasteiger charge is -2.16. The lowest BCUT2D eigenvalue weighted by atomic mass is 10.3. The van der Waals surface area contributed by atoms with Gasteiger partial charge < -0.3 is 5.43 Å². The third kappa shape index (κ3) is 3.10. The standard InChI is InChI=1S/C11H14N4O2S2/c1-15(7-9-3-5-18-8-9)19(16,17)10-2-4-13-11(6-10)14-12/h2-6,8H,7,12H2,1H3,(H,13,14). The minimum Gasteiger partial charge on any atom is -0.308 e. The molecular weight excluding hydrogens is 284 g/mol. The van der Waals surface area contributed by atoms with Crippen LogP contribution in [-0.4, -0.2) is 24.8 Å². The van der Waals surface area contributed by atoms with E-state index in [2.05, 4.69) is 10.4 Å². The van der Waals surface area contributed by atoms with E-state index in [1.54, 1.807) is 7.05 Å². The van der Waals surface area contributed by atoms with Crippen LogP contribution < -0.4 is 11.3 Å². The van der Waals surface area contributed by atoms with Crippen LogP contribution in [0.5, 0.6) is 0 Å². The van der Waals surface area contributed by atoms with Crippen molar-refractivity contribution in [2.75, 3.05) is 12.5 Å². The van der Waals surface area contributed by atoms with Crippen LogP contribution in [0.4, 0.5) is 5.82 Å². The van der Waals surface area contributed by atoms with Gasteiger partial charge in [-0.1, -0.05) is 0 Å². The summed E-state index contributed by atoms with van der Waals surface area (Å²) in [6.07, 6.45) is 1.40. The number of nitrogens with two attached hydrogens (primary N) is 1. The second kappa shape index (κ2) is 5.66. The number of anilines is 1. The fourth-order valence-corrected chi connectivity index (χ4v) is 3.39. The molecule has 0 amide bonds. The molecular formula is C11H14N4O2S2. The van der Waals surface area contributed by atoms with Crippen molar-refractivity contribution < 1.29 is 8.42 Å². The Kier molecular flexibility index (Phi) is 4.15. The van der Waals surface area contributed by atoms with Gasteiger partial charge in [0.15, 0.2) is 0 Å². The molecule has 0 saturated carbocycles. The zero-order valence-electron chi connectivity index (χ0n) is 10.3. The molecule has 0 aromatic carbocycles. The number of rotatable bonds is 5. The fourth-order valence-electron chi connectivity index (χ4n) is 1.56. The van der Waals surface area contributed by atoms with Crippen LogP contribution in [0.1, 0.15) is 5.56 Å². The third-order valence-electron chi connectivity index (χ3n) is 2.57. The first kappa shape index (κ1) is 13.9. The predicted molar refractivity (Wildman–Crippen MR) is 75.0 cm³/mol. The van der Waals surface area contributed by atoms with Gasteiger partial charge in [-0.15, -0.1) is 0 Å². The van der Waals surface area contributed by atoms with Gasteiger partial charge >= 0.3 is 0 Å². The van der Waals surface area contributed by atoms with Crippen LogP contribution >= 0.6 is 11.3 Å². The summed E-state index contributed by atoms with van der Waals surface area (Å²) >= 11 is 1.54. The van der Waals surface area contributed by atoms with Gasteiger partial charge in [0, 0.05) is 25.9 Å². The van der Waals surface area contributed by atoms with Crippen LogP contribution in [0.15, 0.2) is 40.1 Å². The summed E-state index contributed by atoms with van der Waals surface area (Å²) in [7, 11) is -2.00. The Balaban J connectivity index is 2.25. The van der Waals surface area contributed by atoms with Crippen molar-refractivity contribution in [1.82, 2.24) is 9.29 Å². The van der Waals surface area contributed by atoms with Crippen molar-refractivity contribution in [1.29, 1.82) is 0 Å². The lowest BCUT2D eigenvalue weighted by Crippen LogP contribution is -2.26. The molecule has 2 aromatic rings. The van der Waals surface area contributed by atoms with Crippen molar-refractivity contribution in [3.05, 3.63) is 40.7 Å². The van der Waals surface area contributed by atoms with E-state index in [-0.39, 0.29) is 4.90 Å². The number of thiophene rings is 1. The Morgan fingerprint density at radius 1 is 1.47 bits per heavy atom. The summed E-state index contributed by atoms with van der Waals surface area (Å²) in [5, 5.41) is 3.84. The maximum Gasteiger partial charge on any atom is 0.243 e. The zero-order valence-corrected chi connectivity index (χ0v) is 11.9. The van der Waals surface area contributed by atoms with Crippen molar-refractivity contribution in [2.24, 2.45) is 5.84 Å². The van der Waals surface area contributed by atoms with Crippen LogP contribution in [0.2, 0.25) is 0 Å². The van der Waals surface area contributed by atoms with Crippen molar-refractivity contribution in [3.63, 3.8) is 0 Å². The largest absolute Gasteiger partial charge is 0.308 e. The number of sulfonamides is 1. The maximum atomic E-state index is 12.4. The SMILES string of the molecule is CN(Cc1ccsc1)S(=O)(=O)c1ccnc(NN)c1. The van der Waals surface area contributed by atoms with Gasteiger partial charge in [-0.3, -0.25) is 0 Å². The molecule has 0 spiro atoms. The molecule has 6 nitrogen and oxygen atoms in total. The molecule has 2 rings (SSSR count). The summed E-state index contributed by atoms with van der Waals surface area (Å²) in [5.41, 5.74) is 3.29. The highest BCUT2D eigenvalue weighted by Gasteiger charge is 2.21. The highest BCUT2D eigenvalue weighted by molar-refractivity contribution is 7.89. The minimum atomic E-state index is -3.55. The molecule has 3 N–H and O–H groups in total. The molecule has 0 saturated heterocycles. The summed E-state index contributed by atoms with van der Waals surface area (Å²) in [4.78, 5) is 4.05. The van der Waals surface area contributed by atoms with E-state index in [1.165, 1.54) is 34.0 Å². The van der Waals surface area contributed by atoms with E-state index in [0.717, 1.165) is 5.56 Å². The van der Waals surface area contributed by atoms with E-state index in [0.29, 0.717) is 12.4 Å². The Labute approximate surface area is 115 Å². The molecule has 0 fully saturated rings. The topological polar surface area (TPSA) is 88.3 Å². The molecule has 0 atom stereocenters. The van der Waals surface area contributed by atoms with E-state index < -0.39 is 10.0 Å². The first-order valence-corrected chi connectivity index (χ1v) is 7.82.